The van der Waals surface area contributed by atoms with Crippen molar-refractivity contribution in [2.75, 3.05) is 7.11 Å². The third-order valence-electron chi connectivity index (χ3n) is 2.41. The van der Waals surface area contributed by atoms with Crippen molar-refractivity contribution in [2.45, 2.75) is 19.4 Å². The lowest BCUT2D eigenvalue weighted by Gasteiger charge is -1.99. The number of rotatable bonds is 4. The van der Waals surface area contributed by atoms with Gasteiger partial charge in [-0.25, -0.2) is 9.79 Å². The van der Waals surface area contributed by atoms with Crippen molar-refractivity contribution in [1.82, 2.24) is 0 Å². The smallest absolute Gasteiger partial charge is 0.306 e. The predicted octanol–water partition coefficient (Wildman–Crippen LogP) is 2.01. The van der Waals surface area contributed by atoms with Crippen LogP contribution >= 0.6 is 0 Å². The van der Waals surface area contributed by atoms with Gasteiger partial charge in [-0.15, -0.1) is 0 Å². The Morgan fingerprint density at radius 3 is 2.39 bits per heavy atom. The van der Waals surface area contributed by atoms with E-state index in [0.29, 0.717) is 6.54 Å². The van der Waals surface area contributed by atoms with Crippen molar-refractivity contribution in [3.63, 3.8) is 0 Å². The van der Waals surface area contributed by atoms with Crippen LogP contribution in [0.4, 0.5) is 0 Å². The summed E-state index contributed by atoms with van der Waals surface area (Å²) in [5.41, 5.74) is 0.971. The normalized spacial score (nSPS) is 12.7. The van der Waals surface area contributed by atoms with E-state index in [4.69, 9.17) is 9.84 Å². The van der Waals surface area contributed by atoms with Gasteiger partial charge in [-0.1, -0.05) is 12.1 Å². The minimum atomic E-state index is -0.630. The van der Waals surface area contributed by atoms with Crippen molar-refractivity contribution >= 4 is 12.0 Å². The first-order chi connectivity index (χ1) is 8.67. The van der Waals surface area contributed by atoms with Crippen molar-refractivity contribution in [3.05, 3.63) is 29.8 Å². The number of aliphatic imine (C=N–C) groups is 1. The molecule has 5 heteroatoms. The zero-order valence-corrected chi connectivity index (χ0v) is 10.1. The molecule has 0 aliphatic heterocycles. The van der Waals surface area contributed by atoms with Gasteiger partial charge in [0.05, 0.1) is 19.6 Å². The van der Waals surface area contributed by atoms with Gasteiger partial charge in [0.15, 0.2) is 0 Å². The highest BCUT2D eigenvalue weighted by atomic mass is 16.5. The van der Waals surface area contributed by atoms with E-state index in [9.17, 15) is 9.59 Å². The molecule has 1 saturated carbocycles. The molecule has 1 fully saturated rings. The Bertz CT molecular complexity index is 431. The Hall–Kier alpha value is -2.13. The van der Waals surface area contributed by atoms with E-state index in [-0.39, 0.29) is 5.92 Å². The number of hydrogen-bond acceptors (Lipinski definition) is 4. The molecule has 1 aliphatic rings. The van der Waals surface area contributed by atoms with Crippen LogP contribution in [0.15, 0.2) is 29.3 Å². The van der Waals surface area contributed by atoms with E-state index in [1.165, 1.54) is 6.08 Å². The highest BCUT2D eigenvalue weighted by Gasteiger charge is 2.28. The molecule has 0 unspecified atom stereocenters. The molecule has 0 spiro atoms. The number of carbonyl (C=O) groups is 1. The Morgan fingerprint density at radius 2 is 2.06 bits per heavy atom. The lowest BCUT2D eigenvalue weighted by atomic mass is 10.2. The summed E-state index contributed by atoms with van der Waals surface area (Å²) in [6.07, 6.45) is 3.28. The fraction of sp³-hybridized carbons (Fsp3) is 0.385. The maximum atomic E-state index is 9.78. The number of nitrogens with zero attached hydrogens (tertiary/aromatic N) is 1. The second-order valence-electron chi connectivity index (χ2n) is 3.87. The summed E-state index contributed by atoms with van der Waals surface area (Å²) >= 11 is 0. The topological polar surface area (TPSA) is 76.0 Å². The average molecular weight is 249 g/mol. The number of carbonyl (C=O) groups excluding carboxylic acids is 1. The molecule has 1 aromatic rings. The Balaban J connectivity index is 0.000000225. The van der Waals surface area contributed by atoms with Gasteiger partial charge in [-0.3, -0.25) is 4.79 Å². The third-order valence-corrected chi connectivity index (χ3v) is 2.41. The van der Waals surface area contributed by atoms with Crippen LogP contribution in [-0.2, 0) is 16.1 Å². The number of isocyanates is 1. The van der Waals surface area contributed by atoms with Crippen LogP contribution in [0.1, 0.15) is 18.4 Å². The van der Waals surface area contributed by atoms with Crippen molar-refractivity contribution in [1.29, 1.82) is 0 Å². The number of carboxylic acid groups (broad SMARTS) is 1. The summed E-state index contributed by atoms with van der Waals surface area (Å²) in [5.74, 6) is 0.189. The number of benzene rings is 1. The monoisotopic (exact) mass is 249 g/mol. The maximum Gasteiger partial charge on any atom is 0.306 e. The highest BCUT2D eigenvalue weighted by Crippen LogP contribution is 2.28. The second-order valence-corrected chi connectivity index (χ2v) is 3.87. The molecule has 0 radical (unpaired) electrons. The fourth-order valence-corrected chi connectivity index (χ4v) is 1.18. The largest absolute Gasteiger partial charge is 0.497 e. The quantitative estimate of drug-likeness (QED) is 0.654. The van der Waals surface area contributed by atoms with Gasteiger partial charge in [0.1, 0.15) is 5.75 Å². The lowest BCUT2D eigenvalue weighted by Crippen LogP contribution is -1.94. The first-order valence-corrected chi connectivity index (χ1v) is 5.56. The molecule has 5 nitrogen and oxygen atoms in total. The minimum absolute atomic E-state index is 0.0185. The average Bonchev–Trinajstić information content (AvgIpc) is 3.22. The molecular weight excluding hydrogens is 234 g/mol. The summed E-state index contributed by atoms with van der Waals surface area (Å²) in [6.45, 7) is 0.382. The van der Waals surface area contributed by atoms with Crippen LogP contribution in [-0.4, -0.2) is 24.3 Å². The van der Waals surface area contributed by atoms with Gasteiger partial charge >= 0.3 is 5.97 Å². The number of ether oxygens (including phenoxy) is 1. The molecule has 0 atom stereocenters. The number of methoxy groups -OCH3 is 1. The maximum absolute atomic E-state index is 9.78. The van der Waals surface area contributed by atoms with Crippen molar-refractivity contribution < 1.29 is 19.4 Å². The summed E-state index contributed by atoms with van der Waals surface area (Å²) in [7, 11) is 1.61. The molecule has 1 aliphatic carbocycles. The molecule has 2 rings (SSSR count). The van der Waals surface area contributed by atoms with Crippen LogP contribution in [0, 0.1) is 5.92 Å². The molecule has 96 valence electrons. The van der Waals surface area contributed by atoms with Gasteiger partial charge < -0.3 is 9.84 Å². The van der Waals surface area contributed by atoms with Crippen LogP contribution in [0.3, 0.4) is 0 Å². The second kappa shape index (κ2) is 7.25. The van der Waals surface area contributed by atoms with E-state index in [1.54, 1.807) is 7.11 Å². The molecule has 0 bridgehead atoms. The van der Waals surface area contributed by atoms with Crippen LogP contribution in [0.2, 0.25) is 0 Å². The van der Waals surface area contributed by atoms with Crippen LogP contribution in [0.25, 0.3) is 0 Å². The predicted molar refractivity (Wildman–Crippen MR) is 65.2 cm³/mol. The summed E-state index contributed by atoms with van der Waals surface area (Å²) in [4.78, 5) is 23.0. The summed E-state index contributed by atoms with van der Waals surface area (Å²) in [5, 5.41) is 8.05. The first-order valence-electron chi connectivity index (χ1n) is 5.56. The molecule has 0 heterocycles. The van der Waals surface area contributed by atoms with Crippen molar-refractivity contribution in [3.8, 4) is 5.75 Å². The minimum Gasteiger partial charge on any atom is -0.497 e. The van der Waals surface area contributed by atoms with Gasteiger partial charge in [-0.05, 0) is 30.5 Å². The van der Waals surface area contributed by atoms with Crippen LogP contribution in [0.5, 0.6) is 5.75 Å². The Kier molecular flexibility index (Phi) is 5.61. The zero-order valence-electron chi connectivity index (χ0n) is 10.1. The molecule has 0 aromatic heterocycles. The van der Waals surface area contributed by atoms with E-state index in [2.05, 4.69) is 4.99 Å². The van der Waals surface area contributed by atoms with E-state index in [1.807, 2.05) is 24.3 Å². The SMILES string of the molecule is COc1ccc(CN=C=O)cc1.O=C(O)C1CC1. The van der Waals surface area contributed by atoms with E-state index < -0.39 is 5.97 Å². The third kappa shape index (κ3) is 5.27. The van der Waals surface area contributed by atoms with Gasteiger partial charge in [0.25, 0.3) is 0 Å². The van der Waals surface area contributed by atoms with Crippen molar-refractivity contribution in [2.24, 2.45) is 10.9 Å². The first kappa shape index (κ1) is 13.9. The van der Waals surface area contributed by atoms with Crippen LogP contribution < -0.4 is 4.74 Å². The molecule has 1 aromatic carbocycles. The Labute approximate surface area is 105 Å². The summed E-state index contributed by atoms with van der Waals surface area (Å²) < 4.78 is 4.97. The highest BCUT2D eigenvalue weighted by molar-refractivity contribution is 5.72. The fourth-order valence-electron chi connectivity index (χ4n) is 1.18. The standard InChI is InChI=1S/C9H9NO2.C4H6O2/c1-12-9-4-2-8(3-5-9)6-10-7-11;5-4(6)3-1-2-3/h2-5H,6H2,1H3;3H,1-2H2,(H,5,6). The molecular formula is C13H15NO4. The number of aliphatic carboxylic acids is 1. The van der Waals surface area contributed by atoms with Gasteiger partial charge in [0, 0.05) is 0 Å². The van der Waals surface area contributed by atoms with Gasteiger partial charge in [0.2, 0.25) is 6.08 Å². The molecule has 0 saturated heterocycles. The van der Waals surface area contributed by atoms with Gasteiger partial charge in [-0.2, -0.15) is 0 Å². The number of hydrogen-bond donors (Lipinski definition) is 1. The number of carboxylic acids is 1. The van der Waals surface area contributed by atoms with E-state index in [0.717, 1.165) is 24.2 Å². The van der Waals surface area contributed by atoms with E-state index >= 15 is 0 Å². The molecule has 0 amide bonds. The Morgan fingerprint density at radius 1 is 1.44 bits per heavy atom. The zero-order chi connectivity index (χ0) is 13.4. The summed E-state index contributed by atoms with van der Waals surface area (Å²) in [6, 6.07) is 7.38. The molecule has 18 heavy (non-hydrogen) atoms. The lowest BCUT2D eigenvalue weighted by molar-refractivity contribution is -0.138. The molecule has 1 N–H and O–H groups in total.